The van der Waals surface area contributed by atoms with Crippen molar-refractivity contribution in [3.63, 3.8) is 0 Å². The number of carbonyl (C=O) groups excluding carboxylic acids is 1. The Morgan fingerprint density at radius 1 is 1.03 bits per heavy atom. The third kappa shape index (κ3) is 6.78. The molecular formula is C28H37N5O3S. The summed E-state index contributed by atoms with van der Waals surface area (Å²) in [7, 11) is -3.15. The number of hydrogen-bond donors (Lipinski definition) is 2. The number of piperidine rings is 1. The smallest absolute Gasteiger partial charge is 0.307 e. The first kappa shape index (κ1) is 26.9. The summed E-state index contributed by atoms with van der Waals surface area (Å²) < 4.78 is 27.0. The van der Waals surface area contributed by atoms with Gasteiger partial charge in [-0.15, -0.1) is 0 Å². The molecule has 2 heterocycles. The maximum absolute atomic E-state index is 13.1. The molecule has 2 amide bonds. The molecule has 8 nitrogen and oxygen atoms in total. The second-order valence-corrected chi connectivity index (χ2v) is 12.9. The van der Waals surface area contributed by atoms with E-state index in [-0.39, 0.29) is 11.4 Å². The Hall–Kier alpha value is -3.17. The minimum Gasteiger partial charge on any atom is -0.307 e. The highest BCUT2D eigenvalue weighted by Crippen LogP contribution is 2.28. The molecule has 1 aromatic heterocycles. The van der Waals surface area contributed by atoms with Crippen molar-refractivity contribution in [1.82, 2.24) is 14.1 Å². The second-order valence-electron chi connectivity index (χ2n) is 11.0. The monoisotopic (exact) mass is 523 g/mol. The third-order valence-electron chi connectivity index (χ3n) is 6.81. The molecule has 3 aromatic rings. The Morgan fingerprint density at radius 2 is 1.68 bits per heavy atom. The van der Waals surface area contributed by atoms with Gasteiger partial charge in [0.2, 0.25) is 10.0 Å². The van der Waals surface area contributed by atoms with E-state index < -0.39 is 10.0 Å². The summed E-state index contributed by atoms with van der Waals surface area (Å²) >= 11 is 0. The highest BCUT2D eigenvalue weighted by atomic mass is 32.2. The van der Waals surface area contributed by atoms with Crippen LogP contribution < -0.4 is 10.6 Å². The number of benzene rings is 2. The van der Waals surface area contributed by atoms with E-state index >= 15 is 0 Å². The van der Waals surface area contributed by atoms with Gasteiger partial charge < -0.3 is 5.32 Å². The van der Waals surface area contributed by atoms with Gasteiger partial charge in [0, 0.05) is 30.3 Å². The van der Waals surface area contributed by atoms with E-state index in [2.05, 4.69) is 31.4 Å². The van der Waals surface area contributed by atoms with Crippen LogP contribution in [0.25, 0.3) is 5.69 Å². The number of amides is 2. The molecule has 37 heavy (non-hydrogen) atoms. The second kappa shape index (κ2) is 10.7. The van der Waals surface area contributed by atoms with Gasteiger partial charge in [0.25, 0.3) is 0 Å². The fourth-order valence-corrected chi connectivity index (χ4v) is 5.44. The molecule has 1 aliphatic heterocycles. The lowest BCUT2D eigenvalue weighted by Crippen LogP contribution is -2.38. The van der Waals surface area contributed by atoms with Crippen LogP contribution >= 0.6 is 0 Å². The average Bonchev–Trinajstić information content (AvgIpc) is 3.25. The van der Waals surface area contributed by atoms with Crippen LogP contribution in [0.4, 0.5) is 16.3 Å². The number of nitrogens with one attached hydrogen (secondary N) is 2. The molecule has 0 saturated carbocycles. The lowest BCUT2D eigenvalue weighted by atomic mass is 9.90. The van der Waals surface area contributed by atoms with Crippen molar-refractivity contribution in [3.05, 3.63) is 71.4 Å². The predicted octanol–water partition coefficient (Wildman–Crippen LogP) is 5.34. The fourth-order valence-electron chi connectivity index (χ4n) is 4.57. The number of urea groups is 1. The fraction of sp³-hybridized carbons (Fsp3) is 0.429. The van der Waals surface area contributed by atoms with Gasteiger partial charge in [0.05, 0.1) is 17.6 Å². The zero-order valence-corrected chi connectivity index (χ0v) is 23.1. The van der Waals surface area contributed by atoms with Crippen molar-refractivity contribution >= 4 is 27.6 Å². The molecule has 0 unspecified atom stereocenters. The Labute approximate surface area is 220 Å². The van der Waals surface area contributed by atoms with Crippen LogP contribution in [0.15, 0.2) is 54.6 Å². The number of aryl methyl sites for hydroxylation is 1. The summed E-state index contributed by atoms with van der Waals surface area (Å²) in [6.45, 7) is 9.39. The van der Waals surface area contributed by atoms with Gasteiger partial charge in [-0.25, -0.2) is 22.2 Å². The van der Waals surface area contributed by atoms with Crippen LogP contribution in [0.5, 0.6) is 0 Å². The van der Waals surface area contributed by atoms with Crippen LogP contribution in [0.3, 0.4) is 0 Å². The maximum atomic E-state index is 13.1. The average molecular weight is 524 g/mol. The van der Waals surface area contributed by atoms with E-state index in [0.717, 1.165) is 47.5 Å². The van der Waals surface area contributed by atoms with E-state index in [1.807, 2.05) is 61.5 Å². The standard InChI is InChI=1S/C28H37N5O3S/c1-20-10-12-23(13-11-20)33-26(19-25(31-33)28(2,3)4)30-27(34)29-24-9-7-6-8-22(24)18-21-14-16-32(17-15-21)37(5,35)36/h6-13,19,21H,14-18H2,1-5H3,(H2,29,30,34). The van der Waals surface area contributed by atoms with Gasteiger partial charge in [-0.2, -0.15) is 5.10 Å². The Bertz CT molecular complexity index is 1350. The number of sulfonamides is 1. The SMILES string of the molecule is Cc1ccc(-n2nc(C(C)(C)C)cc2NC(=O)Nc2ccccc2CC2CCN(S(C)(=O)=O)CC2)cc1. The van der Waals surface area contributed by atoms with Gasteiger partial charge in [-0.1, -0.05) is 56.7 Å². The highest BCUT2D eigenvalue weighted by Gasteiger charge is 2.26. The molecule has 1 fully saturated rings. The summed E-state index contributed by atoms with van der Waals surface area (Å²) in [6, 6.07) is 17.4. The quantitative estimate of drug-likeness (QED) is 0.456. The lowest BCUT2D eigenvalue weighted by Gasteiger charge is -2.30. The van der Waals surface area contributed by atoms with Gasteiger partial charge in [-0.05, 0) is 55.9 Å². The normalized spacial score (nSPS) is 15.5. The predicted molar refractivity (Wildman–Crippen MR) is 149 cm³/mol. The minimum atomic E-state index is -3.15. The molecule has 198 valence electrons. The minimum absolute atomic E-state index is 0.178. The third-order valence-corrected chi connectivity index (χ3v) is 8.12. The number of carbonyl (C=O) groups is 1. The summed E-state index contributed by atoms with van der Waals surface area (Å²) in [4.78, 5) is 13.1. The van der Waals surface area contributed by atoms with Crippen molar-refractivity contribution in [2.45, 2.75) is 52.4 Å². The number of hydrogen-bond acceptors (Lipinski definition) is 4. The van der Waals surface area contributed by atoms with E-state index in [1.165, 1.54) is 6.26 Å². The summed E-state index contributed by atoms with van der Waals surface area (Å²) in [6.07, 6.45) is 3.65. The van der Waals surface area contributed by atoms with E-state index in [4.69, 9.17) is 5.10 Å². The van der Waals surface area contributed by atoms with Crippen LogP contribution in [0.2, 0.25) is 0 Å². The molecule has 0 spiro atoms. The van der Waals surface area contributed by atoms with Crippen molar-refractivity contribution < 1.29 is 13.2 Å². The van der Waals surface area contributed by atoms with Crippen LogP contribution in [0, 0.1) is 12.8 Å². The largest absolute Gasteiger partial charge is 0.324 e. The first-order valence-electron chi connectivity index (χ1n) is 12.7. The van der Waals surface area contributed by atoms with Gasteiger partial charge in [-0.3, -0.25) is 5.32 Å². The molecule has 9 heteroatoms. The highest BCUT2D eigenvalue weighted by molar-refractivity contribution is 7.88. The molecule has 4 rings (SSSR count). The zero-order valence-electron chi connectivity index (χ0n) is 22.3. The summed E-state index contributed by atoms with van der Waals surface area (Å²) in [5, 5.41) is 10.8. The molecule has 0 aliphatic carbocycles. The summed E-state index contributed by atoms with van der Waals surface area (Å²) in [5.41, 5.74) is 4.52. The van der Waals surface area contributed by atoms with Gasteiger partial charge in [0.1, 0.15) is 5.82 Å². The zero-order chi connectivity index (χ0) is 26.8. The van der Waals surface area contributed by atoms with E-state index in [1.54, 1.807) is 8.99 Å². The van der Waals surface area contributed by atoms with E-state index in [9.17, 15) is 13.2 Å². The van der Waals surface area contributed by atoms with Gasteiger partial charge >= 0.3 is 6.03 Å². The number of rotatable bonds is 6. The van der Waals surface area contributed by atoms with Crippen LogP contribution in [-0.4, -0.2) is 47.9 Å². The molecule has 1 saturated heterocycles. The van der Waals surface area contributed by atoms with Crippen LogP contribution in [0.1, 0.15) is 50.4 Å². The molecule has 2 N–H and O–H groups in total. The number of nitrogens with zero attached hydrogens (tertiary/aromatic N) is 3. The Morgan fingerprint density at radius 3 is 2.30 bits per heavy atom. The van der Waals surface area contributed by atoms with Crippen molar-refractivity contribution in [1.29, 1.82) is 0 Å². The molecule has 0 atom stereocenters. The molecular weight excluding hydrogens is 486 g/mol. The Balaban J connectivity index is 1.49. The number of aromatic nitrogens is 2. The number of para-hydroxylation sites is 1. The molecule has 0 radical (unpaired) electrons. The first-order valence-corrected chi connectivity index (χ1v) is 14.5. The molecule has 1 aliphatic rings. The molecule has 0 bridgehead atoms. The van der Waals surface area contributed by atoms with Crippen molar-refractivity contribution in [2.75, 3.05) is 30.0 Å². The van der Waals surface area contributed by atoms with Crippen molar-refractivity contribution in [3.8, 4) is 5.69 Å². The topological polar surface area (TPSA) is 96.3 Å². The Kier molecular flexibility index (Phi) is 7.75. The number of anilines is 2. The van der Waals surface area contributed by atoms with Gasteiger partial charge in [0.15, 0.2) is 0 Å². The maximum Gasteiger partial charge on any atom is 0.324 e. The first-order chi connectivity index (χ1) is 17.4. The summed E-state index contributed by atoms with van der Waals surface area (Å²) in [5.74, 6) is 0.957. The molecule has 2 aromatic carbocycles. The van der Waals surface area contributed by atoms with Crippen molar-refractivity contribution in [2.24, 2.45) is 5.92 Å². The van der Waals surface area contributed by atoms with E-state index in [0.29, 0.717) is 24.8 Å². The van der Waals surface area contributed by atoms with Crippen LogP contribution in [-0.2, 0) is 21.9 Å². The lowest BCUT2D eigenvalue weighted by molar-refractivity contribution is 0.261.